The highest BCUT2D eigenvalue weighted by atomic mass is 16.8. The lowest BCUT2D eigenvalue weighted by atomic mass is 9.64. The zero-order chi connectivity index (χ0) is 20.8. The number of ketones is 1. The van der Waals surface area contributed by atoms with Crippen molar-refractivity contribution in [3.63, 3.8) is 0 Å². The molecule has 0 spiro atoms. The number of benzene rings is 1. The maximum atomic E-state index is 12.4. The van der Waals surface area contributed by atoms with E-state index in [1.54, 1.807) is 19.1 Å². The van der Waals surface area contributed by atoms with Crippen molar-refractivity contribution in [3.05, 3.63) is 29.3 Å². The fourth-order valence-electron chi connectivity index (χ4n) is 3.64. The van der Waals surface area contributed by atoms with Crippen molar-refractivity contribution in [1.29, 1.82) is 0 Å². The molecule has 0 unspecified atom stereocenters. The van der Waals surface area contributed by atoms with Gasteiger partial charge in [0.2, 0.25) is 6.79 Å². The molecule has 1 saturated carbocycles. The van der Waals surface area contributed by atoms with E-state index in [9.17, 15) is 19.4 Å². The first-order valence-electron chi connectivity index (χ1n) is 9.96. The van der Waals surface area contributed by atoms with E-state index in [1.165, 1.54) is 6.07 Å². The molecule has 3 rings (SSSR count). The van der Waals surface area contributed by atoms with Gasteiger partial charge in [-0.15, -0.1) is 0 Å². The predicted molar refractivity (Wildman–Crippen MR) is 103 cm³/mol. The Balaban J connectivity index is 1.56. The van der Waals surface area contributed by atoms with E-state index in [1.807, 2.05) is 0 Å². The van der Waals surface area contributed by atoms with Crippen LogP contribution in [0.1, 0.15) is 61.4 Å². The molecule has 1 aromatic rings. The quantitative estimate of drug-likeness (QED) is 0.420. The zero-order valence-corrected chi connectivity index (χ0v) is 16.4. The smallest absolute Gasteiger partial charge is 0.526 e. The maximum absolute atomic E-state index is 12.4. The van der Waals surface area contributed by atoms with Crippen LogP contribution in [-0.4, -0.2) is 42.9 Å². The lowest BCUT2D eigenvalue weighted by molar-refractivity contribution is -0.119. The van der Waals surface area contributed by atoms with Crippen LogP contribution in [-0.2, 0) is 25.4 Å². The number of hydrogen-bond donors (Lipinski definition) is 1. The molecule has 0 amide bonds. The van der Waals surface area contributed by atoms with E-state index in [-0.39, 0.29) is 35.4 Å². The fraction of sp³-hybridized carbons (Fsp3) is 0.550. The first-order chi connectivity index (χ1) is 14.0. The summed E-state index contributed by atoms with van der Waals surface area (Å²) < 4.78 is 20.4. The number of hydrogen-bond acceptors (Lipinski definition) is 8. The van der Waals surface area contributed by atoms with Gasteiger partial charge in [-0.1, -0.05) is 19.1 Å². The molecule has 156 valence electrons. The van der Waals surface area contributed by atoms with Crippen molar-refractivity contribution in [3.8, 4) is 5.75 Å². The van der Waals surface area contributed by atoms with Crippen molar-refractivity contribution in [2.75, 3.05) is 6.79 Å². The van der Waals surface area contributed by atoms with Gasteiger partial charge in [0.05, 0.1) is 0 Å². The minimum Gasteiger partial charge on any atom is -0.535 e. The van der Waals surface area contributed by atoms with Crippen LogP contribution < -0.4 is 4.65 Å². The third kappa shape index (κ3) is 5.50. The normalized spacial score (nSPS) is 18.6. The average Bonchev–Trinajstić information content (AvgIpc) is 3.20. The molecule has 1 aliphatic heterocycles. The summed E-state index contributed by atoms with van der Waals surface area (Å²) in [4.78, 5) is 35.7. The highest BCUT2D eigenvalue weighted by molar-refractivity contribution is 6.47. The minimum atomic E-state index is -1.19. The van der Waals surface area contributed by atoms with Crippen LogP contribution in [0.5, 0.6) is 5.75 Å². The van der Waals surface area contributed by atoms with E-state index in [4.69, 9.17) is 18.9 Å². The Labute approximate surface area is 169 Å². The summed E-state index contributed by atoms with van der Waals surface area (Å²) in [5, 5.41) is 10.2. The van der Waals surface area contributed by atoms with Gasteiger partial charge in [0, 0.05) is 18.7 Å². The first-order valence-corrected chi connectivity index (χ1v) is 9.96. The molecule has 0 radical (unpaired) electrons. The number of fused-ring (bicyclic) bond motifs is 1. The molecule has 0 aromatic heterocycles. The first kappa shape index (κ1) is 21.2. The number of Topliss-reactive ketones (excluding diaryl/α,β-unsaturated/α-hetero) is 1. The third-order valence-electron chi connectivity index (χ3n) is 5.26. The molecule has 1 atom stereocenters. The summed E-state index contributed by atoms with van der Waals surface area (Å²) in [5.41, 5.74) is 0.829. The predicted octanol–water partition coefficient (Wildman–Crippen LogP) is 3.05. The van der Waals surface area contributed by atoms with E-state index in [0.717, 1.165) is 25.7 Å². The zero-order valence-electron chi connectivity index (χ0n) is 16.4. The standard InChI is InChI=1S/C20H25BO8/c1-2-15(22)11-14-10-13-6-5-9-17(18(13)29-21(14)25)19(23)26-12-27-20(24)28-16-7-3-4-8-16/h5-6,9,14,16,25H,2-4,7-8,10-12H2,1H3/t14-/m1/s1. The number of carbonyl (C=O) groups excluding carboxylic acids is 3. The number of rotatable bonds is 7. The molecule has 1 heterocycles. The molecule has 2 aliphatic rings. The highest BCUT2D eigenvalue weighted by Gasteiger charge is 2.37. The van der Waals surface area contributed by atoms with E-state index < -0.39 is 26.0 Å². The Morgan fingerprint density at radius 2 is 1.97 bits per heavy atom. The third-order valence-corrected chi connectivity index (χ3v) is 5.26. The van der Waals surface area contributed by atoms with Crippen molar-refractivity contribution < 1.29 is 38.3 Å². The summed E-state index contributed by atoms with van der Waals surface area (Å²) in [6.45, 7) is 1.19. The Bertz CT molecular complexity index is 759. The Kier molecular flexibility index (Phi) is 7.14. The van der Waals surface area contributed by atoms with Crippen LogP contribution >= 0.6 is 0 Å². The second-order valence-corrected chi connectivity index (χ2v) is 7.33. The molecule has 8 nitrogen and oxygen atoms in total. The van der Waals surface area contributed by atoms with E-state index in [2.05, 4.69) is 0 Å². The molecule has 1 aromatic carbocycles. The molecule has 1 aliphatic carbocycles. The summed E-state index contributed by atoms with van der Waals surface area (Å²) in [6.07, 6.45) is 3.68. The van der Waals surface area contributed by atoms with Crippen LogP contribution in [0.4, 0.5) is 4.79 Å². The maximum Gasteiger partial charge on any atom is 0.526 e. The van der Waals surface area contributed by atoms with Gasteiger partial charge in [-0.2, -0.15) is 0 Å². The molecule has 0 bridgehead atoms. The monoisotopic (exact) mass is 404 g/mol. The lowest BCUT2D eigenvalue weighted by Gasteiger charge is -2.28. The largest absolute Gasteiger partial charge is 0.535 e. The molecule has 29 heavy (non-hydrogen) atoms. The molecule has 0 saturated heterocycles. The van der Waals surface area contributed by atoms with Gasteiger partial charge < -0.3 is 23.9 Å². The summed E-state index contributed by atoms with van der Waals surface area (Å²) in [6, 6.07) is 4.95. The lowest BCUT2D eigenvalue weighted by Crippen LogP contribution is -2.35. The summed E-state index contributed by atoms with van der Waals surface area (Å²) in [7, 11) is -1.19. The highest BCUT2D eigenvalue weighted by Crippen LogP contribution is 2.36. The summed E-state index contributed by atoms with van der Waals surface area (Å²) in [5.74, 6) is -0.849. The van der Waals surface area contributed by atoms with Crippen LogP contribution in [0.15, 0.2) is 18.2 Å². The van der Waals surface area contributed by atoms with Gasteiger partial charge in [0.15, 0.2) is 0 Å². The average molecular weight is 404 g/mol. The van der Waals surface area contributed by atoms with Crippen LogP contribution in [0.2, 0.25) is 5.82 Å². The minimum absolute atomic E-state index is 0.0401. The Morgan fingerprint density at radius 3 is 2.69 bits per heavy atom. The van der Waals surface area contributed by atoms with Gasteiger partial charge in [0.1, 0.15) is 23.2 Å². The molecular formula is C20H25BO8. The molecule has 9 heteroatoms. The second kappa shape index (κ2) is 9.78. The second-order valence-electron chi connectivity index (χ2n) is 7.33. The van der Waals surface area contributed by atoms with Gasteiger partial charge in [-0.05, 0) is 43.7 Å². The van der Waals surface area contributed by atoms with Gasteiger partial charge in [-0.25, -0.2) is 9.59 Å². The van der Waals surface area contributed by atoms with Crippen LogP contribution in [0.25, 0.3) is 0 Å². The topological polar surface area (TPSA) is 108 Å². The van der Waals surface area contributed by atoms with Crippen LogP contribution in [0.3, 0.4) is 0 Å². The number of esters is 1. The van der Waals surface area contributed by atoms with E-state index in [0.29, 0.717) is 18.4 Å². The van der Waals surface area contributed by atoms with E-state index >= 15 is 0 Å². The molecular weight excluding hydrogens is 379 g/mol. The number of carbonyl (C=O) groups is 3. The van der Waals surface area contributed by atoms with Crippen molar-refractivity contribution in [2.24, 2.45) is 0 Å². The number of ether oxygens (including phenoxy) is 3. The SMILES string of the molecule is CCC(=O)C[C@H]1Cc2cccc(C(=O)OCOC(=O)OC3CCCC3)c2OB1O. The fourth-order valence-corrected chi connectivity index (χ4v) is 3.64. The Morgan fingerprint density at radius 1 is 1.21 bits per heavy atom. The van der Waals surface area contributed by atoms with Gasteiger partial charge in [-0.3, -0.25) is 4.79 Å². The molecule has 1 fully saturated rings. The summed E-state index contributed by atoms with van der Waals surface area (Å²) >= 11 is 0. The van der Waals surface area contributed by atoms with Crippen molar-refractivity contribution >= 4 is 25.0 Å². The van der Waals surface area contributed by atoms with Crippen molar-refractivity contribution in [2.45, 2.75) is 63.8 Å². The molecule has 1 N–H and O–H groups in total. The van der Waals surface area contributed by atoms with Gasteiger partial charge >= 0.3 is 19.2 Å². The van der Waals surface area contributed by atoms with Gasteiger partial charge in [0.25, 0.3) is 0 Å². The van der Waals surface area contributed by atoms with Crippen LogP contribution in [0, 0.1) is 0 Å². The van der Waals surface area contributed by atoms with Crippen molar-refractivity contribution in [1.82, 2.24) is 0 Å². The number of para-hydroxylation sites is 1. The Hall–Kier alpha value is -2.55.